The van der Waals surface area contributed by atoms with Gasteiger partial charge in [0.2, 0.25) is 0 Å². The zero-order chi connectivity index (χ0) is 15.3. The summed E-state index contributed by atoms with van der Waals surface area (Å²) in [6.07, 6.45) is 10.1. The van der Waals surface area contributed by atoms with E-state index in [-0.39, 0.29) is 5.54 Å². The van der Waals surface area contributed by atoms with Gasteiger partial charge >= 0.3 is 0 Å². The van der Waals surface area contributed by atoms with E-state index in [0.717, 1.165) is 13.0 Å². The molecule has 116 valence electrons. The summed E-state index contributed by atoms with van der Waals surface area (Å²) >= 11 is 0. The molecule has 0 aromatic carbocycles. The Morgan fingerprint density at radius 1 is 1.19 bits per heavy atom. The van der Waals surface area contributed by atoms with Crippen LogP contribution in [0.2, 0.25) is 0 Å². The molecule has 1 aliphatic carbocycles. The normalized spacial score (nSPS) is 15.5. The lowest BCUT2D eigenvalue weighted by atomic mass is 9.97. The van der Waals surface area contributed by atoms with Crippen LogP contribution in [0.5, 0.6) is 0 Å². The van der Waals surface area contributed by atoms with Crippen LogP contribution < -0.4 is 16.4 Å². The molecule has 4 N–H and O–H groups in total. The quantitative estimate of drug-likeness (QED) is 0.722. The molecule has 0 unspecified atom stereocenters. The molecule has 1 heterocycles. The fourth-order valence-electron chi connectivity index (χ4n) is 2.46. The van der Waals surface area contributed by atoms with Crippen molar-refractivity contribution in [3.8, 4) is 0 Å². The van der Waals surface area contributed by atoms with Crippen molar-refractivity contribution in [3.63, 3.8) is 0 Å². The van der Waals surface area contributed by atoms with Crippen LogP contribution in [0.25, 0.3) is 0 Å². The Balaban J connectivity index is 1.94. The molecule has 0 aliphatic heterocycles. The number of rotatable bonds is 5. The van der Waals surface area contributed by atoms with Gasteiger partial charge in [-0.3, -0.25) is 0 Å². The highest BCUT2D eigenvalue weighted by atomic mass is 15.1. The Morgan fingerprint density at radius 2 is 1.95 bits per heavy atom. The third-order valence-electron chi connectivity index (χ3n) is 3.50. The van der Waals surface area contributed by atoms with Gasteiger partial charge in [0.1, 0.15) is 12.0 Å². The lowest BCUT2D eigenvalue weighted by molar-refractivity contribution is 0.630. The molecule has 0 atom stereocenters. The van der Waals surface area contributed by atoms with Gasteiger partial charge in [-0.05, 0) is 52.9 Å². The van der Waals surface area contributed by atoms with E-state index >= 15 is 0 Å². The Hall–Kier alpha value is -1.78. The monoisotopic (exact) mass is 289 g/mol. The number of nitrogens with zero attached hydrogens (tertiary/aromatic N) is 2. The van der Waals surface area contributed by atoms with Crippen LogP contribution in [0.3, 0.4) is 0 Å². The van der Waals surface area contributed by atoms with Gasteiger partial charge < -0.3 is 16.4 Å². The Bertz CT molecular complexity index is 502. The lowest BCUT2D eigenvalue weighted by Gasteiger charge is -2.23. The van der Waals surface area contributed by atoms with E-state index in [0.29, 0.717) is 17.3 Å². The number of hydrogen-bond acceptors (Lipinski definition) is 5. The van der Waals surface area contributed by atoms with Crippen molar-refractivity contribution in [2.75, 3.05) is 22.9 Å². The Labute approximate surface area is 127 Å². The molecule has 5 nitrogen and oxygen atoms in total. The minimum Gasteiger partial charge on any atom is -0.393 e. The van der Waals surface area contributed by atoms with Crippen LogP contribution in [0.1, 0.15) is 52.9 Å². The lowest BCUT2D eigenvalue weighted by Crippen LogP contribution is -2.27. The Morgan fingerprint density at radius 3 is 2.62 bits per heavy atom. The number of nitrogens with one attached hydrogen (secondary N) is 2. The van der Waals surface area contributed by atoms with Crippen molar-refractivity contribution in [3.05, 3.63) is 18.0 Å². The van der Waals surface area contributed by atoms with E-state index in [1.165, 1.54) is 25.7 Å². The molecule has 0 fully saturated rings. The van der Waals surface area contributed by atoms with Crippen LogP contribution >= 0.6 is 0 Å². The van der Waals surface area contributed by atoms with Crippen molar-refractivity contribution in [1.29, 1.82) is 0 Å². The predicted octanol–water partition coefficient (Wildman–Crippen LogP) is 3.57. The molecule has 0 saturated heterocycles. The summed E-state index contributed by atoms with van der Waals surface area (Å²) in [6.45, 7) is 7.10. The first-order valence-corrected chi connectivity index (χ1v) is 7.76. The topological polar surface area (TPSA) is 75.9 Å². The average Bonchev–Trinajstić information content (AvgIpc) is 2.43. The van der Waals surface area contributed by atoms with E-state index in [4.69, 9.17) is 5.73 Å². The number of nitrogens with two attached hydrogens (primary N) is 1. The fraction of sp³-hybridized carbons (Fsp3) is 0.625. The number of aromatic nitrogens is 2. The van der Waals surface area contributed by atoms with Gasteiger partial charge in [-0.2, -0.15) is 0 Å². The molecule has 1 aromatic heterocycles. The van der Waals surface area contributed by atoms with Gasteiger partial charge in [0.25, 0.3) is 0 Å². The van der Waals surface area contributed by atoms with Crippen molar-refractivity contribution in [1.82, 2.24) is 9.97 Å². The van der Waals surface area contributed by atoms with Crippen LogP contribution in [0.15, 0.2) is 18.0 Å². The fourth-order valence-corrected chi connectivity index (χ4v) is 2.46. The van der Waals surface area contributed by atoms with Crippen molar-refractivity contribution >= 4 is 17.3 Å². The maximum absolute atomic E-state index is 6.15. The van der Waals surface area contributed by atoms with Gasteiger partial charge in [0.05, 0.1) is 0 Å². The number of allylic oxidation sites excluding steroid dienone is 1. The second-order valence-corrected chi connectivity index (χ2v) is 6.64. The maximum Gasteiger partial charge on any atom is 0.155 e. The molecule has 0 saturated carbocycles. The predicted molar refractivity (Wildman–Crippen MR) is 89.5 cm³/mol. The zero-order valence-corrected chi connectivity index (χ0v) is 13.4. The van der Waals surface area contributed by atoms with Crippen LogP contribution in [-0.4, -0.2) is 22.1 Å². The van der Waals surface area contributed by atoms with Gasteiger partial charge in [-0.15, -0.1) is 0 Å². The van der Waals surface area contributed by atoms with Gasteiger partial charge in [-0.1, -0.05) is 11.6 Å². The zero-order valence-electron chi connectivity index (χ0n) is 13.4. The van der Waals surface area contributed by atoms with Gasteiger partial charge in [0, 0.05) is 12.1 Å². The minimum atomic E-state index is -0.0767. The smallest absolute Gasteiger partial charge is 0.155 e. The van der Waals surface area contributed by atoms with E-state index < -0.39 is 0 Å². The highest BCUT2D eigenvalue weighted by Crippen LogP contribution is 2.25. The summed E-state index contributed by atoms with van der Waals surface area (Å²) in [5, 5.41) is 6.63. The molecule has 0 amide bonds. The largest absolute Gasteiger partial charge is 0.393 e. The molecular weight excluding hydrogens is 262 g/mol. The van der Waals surface area contributed by atoms with Crippen molar-refractivity contribution in [2.45, 2.75) is 58.4 Å². The summed E-state index contributed by atoms with van der Waals surface area (Å²) in [6, 6.07) is 0. The van der Waals surface area contributed by atoms with Crippen molar-refractivity contribution in [2.24, 2.45) is 0 Å². The third kappa shape index (κ3) is 4.92. The summed E-state index contributed by atoms with van der Waals surface area (Å²) in [4.78, 5) is 8.47. The third-order valence-corrected chi connectivity index (χ3v) is 3.50. The summed E-state index contributed by atoms with van der Waals surface area (Å²) in [5.74, 6) is 1.41. The van der Waals surface area contributed by atoms with E-state index in [2.05, 4.69) is 47.4 Å². The molecule has 2 rings (SSSR count). The molecular formula is C16H27N5. The standard InChI is InChI=1S/C16H27N5/c1-16(2,3)21-15-13(17)14(19-11-20-15)18-10-9-12-7-5-4-6-8-12/h7,11H,4-6,8-10,17H2,1-3H3,(H2,18,19,20,21). The van der Waals surface area contributed by atoms with Gasteiger partial charge in [-0.25, -0.2) is 9.97 Å². The number of hydrogen-bond donors (Lipinski definition) is 3. The molecule has 1 aromatic rings. The SMILES string of the molecule is CC(C)(C)Nc1ncnc(NCCC2=CCCCC2)c1N. The second-order valence-electron chi connectivity index (χ2n) is 6.64. The summed E-state index contributed by atoms with van der Waals surface area (Å²) in [5.41, 5.74) is 8.21. The van der Waals surface area contributed by atoms with E-state index in [1.807, 2.05) is 0 Å². The number of nitrogen functional groups attached to an aromatic ring is 1. The molecule has 21 heavy (non-hydrogen) atoms. The highest BCUT2D eigenvalue weighted by molar-refractivity contribution is 5.74. The molecule has 0 spiro atoms. The van der Waals surface area contributed by atoms with E-state index in [1.54, 1.807) is 11.9 Å². The maximum atomic E-state index is 6.15. The Kier molecular flexibility index (Phi) is 5.04. The summed E-state index contributed by atoms with van der Waals surface area (Å²) < 4.78 is 0. The average molecular weight is 289 g/mol. The first kappa shape index (κ1) is 15.6. The first-order valence-electron chi connectivity index (χ1n) is 7.76. The second kappa shape index (κ2) is 6.78. The van der Waals surface area contributed by atoms with Gasteiger partial charge in [0.15, 0.2) is 11.6 Å². The molecule has 5 heteroatoms. The molecule has 0 radical (unpaired) electrons. The minimum absolute atomic E-state index is 0.0767. The molecule has 0 bridgehead atoms. The van der Waals surface area contributed by atoms with Crippen LogP contribution in [0, 0.1) is 0 Å². The summed E-state index contributed by atoms with van der Waals surface area (Å²) in [7, 11) is 0. The highest BCUT2D eigenvalue weighted by Gasteiger charge is 2.15. The molecule has 1 aliphatic rings. The van der Waals surface area contributed by atoms with Crippen LogP contribution in [0.4, 0.5) is 17.3 Å². The first-order chi connectivity index (χ1) is 9.96. The van der Waals surface area contributed by atoms with Crippen LogP contribution in [-0.2, 0) is 0 Å². The van der Waals surface area contributed by atoms with E-state index in [9.17, 15) is 0 Å². The number of anilines is 3. The van der Waals surface area contributed by atoms with Crippen molar-refractivity contribution < 1.29 is 0 Å².